The van der Waals surface area contributed by atoms with E-state index in [9.17, 15) is 9.59 Å². The number of hydrogen-bond acceptors (Lipinski definition) is 6. The van der Waals surface area contributed by atoms with Gasteiger partial charge in [-0.2, -0.15) is 0 Å². The number of piperidine rings is 1. The van der Waals surface area contributed by atoms with Crippen molar-refractivity contribution < 1.29 is 14.3 Å². The molecule has 3 aliphatic heterocycles. The van der Waals surface area contributed by atoms with E-state index in [1.807, 2.05) is 59.5 Å². The molecule has 2 aromatic rings. The number of anilines is 1. The topological polar surface area (TPSA) is 109 Å². The maximum Gasteiger partial charge on any atom is 0.326 e. The molecule has 3 unspecified atom stereocenters. The number of rotatable bonds is 5. The lowest BCUT2D eigenvalue weighted by atomic mass is 9.86. The standard InChI is InChI=1S/C26H29N5O3S/c27-18-7-4-8-19(18)29-24(32)23-22-21-20(13-14-28-25(21)35-23)31(26(33)30-22)15-9-11-17(12-10-15)34-16-5-2-1-3-6-16/h1-3,5-6,9-12,18-21,25,28H,4,7-8,13-14,27H2,(H,29,32)(H,30,33)/t18-,19+,20?,21?,25?/m1/s1. The lowest BCUT2D eigenvalue weighted by Gasteiger charge is -2.45. The smallest absolute Gasteiger partial charge is 0.326 e. The number of carbonyl (C=O) groups is 2. The van der Waals surface area contributed by atoms with E-state index in [0.717, 1.165) is 49.4 Å². The fraction of sp³-hybridized carbons (Fsp3) is 0.385. The molecule has 5 N–H and O–H groups in total. The monoisotopic (exact) mass is 491 g/mol. The number of urea groups is 1. The number of amides is 3. The summed E-state index contributed by atoms with van der Waals surface area (Å²) in [6.07, 6.45) is 3.67. The number of para-hydroxylation sites is 1. The van der Waals surface area contributed by atoms with Crippen LogP contribution in [0.3, 0.4) is 0 Å². The van der Waals surface area contributed by atoms with E-state index in [0.29, 0.717) is 10.7 Å². The van der Waals surface area contributed by atoms with Crippen LogP contribution >= 0.6 is 11.8 Å². The van der Waals surface area contributed by atoms with Crippen molar-refractivity contribution >= 4 is 29.4 Å². The van der Waals surface area contributed by atoms with Gasteiger partial charge in [-0.05, 0) is 68.6 Å². The minimum atomic E-state index is -0.205. The van der Waals surface area contributed by atoms with E-state index in [-0.39, 0.29) is 41.4 Å². The molecule has 2 saturated heterocycles. The minimum absolute atomic E-state index is 0.00463. The lowest BCUT2D eigenvalue weighted by molar-refractivity contribution is -0.117. The van der Waals surface area contributed by atoms with E-state index in [1.165, 1.54) is 11.8 Å². The highest BCUT2D eigenvalue weighted by molar-refractivity contribution is 8.04. The van der Waals surface area contributed by atoms with Gasteiger partial charge in [0, 0.05) is 29.4 Å². The van der Waals surface area contributed by atoms with Gasteiger partial charge in [0.05, 0.1) is 16.3 Å². The zero-order chi connectivity index (χ0) is 23.9. The highest BCUT2D eigenvalue weighted by atomic mass is 32.2. The molecule has 6 rings (SSSR count). The van der Waals surface area contributed by atoms with Gasteiger partial charge in [0.25, 0.3) is 5.91 Å². The van der Waals surface area contributed by atoms with Gasteiger partial charge in [-0.25, -0.2) is 4.79 Å². The van der Waals surface area contributed by atoms with Crippen molar-refractivity contribution in [2.75, 3.05) is 11.4 Å². The molecule has 35 heavy (non-hydrogen) atoms. The number of hydrogen-bond donors (Lipinski definition) is 4. The molecule has 0 radical (unpaired) electrons. The van der Waals surface area contributed by atoms with Crippen molar-refractivity contribution in [2.24, 2.45) is 11.7 Å². The summed E-state index contributed by atoms with van der Waals surface area (Å²) in [5.74, 6) is 1.36. The third-order valence-electron chi connectivity index (χ3n) is 7.33. The Morgan fingerprint density at radius 3 is 2.57 bits per heavy atom. The van der Waals surface area contributed by atoms with Crippen LogP contribution in [0.2, 0.25) is 0 Å². The maximum atomic E-state index is 13.3. The highest BCUT2D eigenvalue weighted by Gasteiger charge is 2.51. The molecule has 3 heterocycles. The number of nitrogens with two attached hydrogens (primary N) is 1. The van der Waals surface area contributed by atoms with E-state index in [2.05, 4.69) is 16.0 Å². The minimum Gasteiger partial charge on any atom is -0.457 e. The van der Waals surface area contributed by atoms with Crippen LogP contribution in [-0.4, -0.2) is 42.0 Å². The Hall–Kier alpha value is -3.01. The van der Waals surface area contributed by atoms with Gasteiger partial charge in [-0.3, -0.25) is 9.69 Å². The number of nitrogens with zero attached hydrogens (tertiary/aromatic N) is 1. The van der Waals surface area contributed by atoms with Crippen LogP contribution in [0.15, 0.2) is 65.2 Å². The zero-order valence-electron chi connectivity index (χ0n) is 19.3. The molecule has 1 aliphatic carbocycles. The van der Waals surface area contributed by atoms with Crippen LogP contribution in [0.25, 0.3) is 0 Å². The van der Waals surface area contributed by atoms with Crippen molar-refractivity contribution in [3.8, 4) is 11.5 Å². The Bertz CT molecular complexity index is 1160. The summed E-state index contributed by atoms with van der Waals surface area (Å²) in [7, 11) is 0. The van der Waals surface area contributed by atoms with Crippen LogP contribution in [0.5, 0.6) is 11.5 Å². The summed E-state index contributed by atoms with van der Waals surface area (Å²) in [6, 6.07) is 17.0. The second kappa shape index (κ2) is 9.22. The Balaban J connectivity index is 1.23. The number of thioether (sulfide) groups is 1. The molecule has 3 amide bonds. The maximum absolute atomic E-state index is 13.3. The third kappa shape index (κ3) is 4.17. The first kappa shape index (κ1) is 22.5. The van der Waals surface area contributed by atoms with Crippen molar-refractivity contribution in [3.63, 3.8) is 0 Å². The number of benzene rings is 2. The largest absolute Gasteiger partial charge is 0.457 e. The Kier molecular flexibility index (Phi) is 5.91. The first-order valence-corrected chi connectivity index (χ1v) is 13.1. The number of ether oxygens (including phenoxy) is 1. The average molecular weight is 492 g/mol. The number of nitrogens with one attached hydrogen (secondary N) is 3. The van der Waals surface area contributed by atoms with Crippen LogP contribution in [0, 0.1) is 5.92 Å². The van der Waals surface area contributed by atoms with Gasteiger partial charge in [0.15, 0.2) is 0 Å². The van der Waals surface area contributed by atoms with Crippen LogP contribution in [0.4, 0.5) is 10.5 Å². The van der Waals surface area contributed by atoms with Gasteiger partial charge in [-0.15, -0.1) is 0 Å². The van der Waals surface area contributed by atoms with Crippen molar-refractivity contribution in [1.82, 2.24) is 16.0 Å². The first-order chi connectivity index (χ1) is 17.1. The molecule has 8 nitrogen and oxygen atoms in total. The molecule has 182 valence electrons. The summed E-state index contributed by atoms with van der Waals surface area (Å²) < 4.78 is 5.91. The molecule has 3 fully saturated rings. The molecule has 4 aliphatic rings. The van der Waals surface area contributed by atoms with E-state index in [1.54, 1.807) is 0 Å². The van der Waals surface area contributed by atoms with Gasteiger partial charge in [-0.1, -0.05) is 30.0 Å². The fourth-order valence-electron chi connectivity index (χ4n) is 5.62. The van der Waals surface area contributed by atoms with E-state index >= 15 is 0 Å². The predicted octanol–water partition coefficient (Wildman–Crippen LogP) is 3.27. The Morgan fingerprint density at radius 2 is 1.83 bits per heavy atom. The third-order valence-corrected chi connectivity index (χ3v) is 8.68. The van der Waals surface area contributed by atoms with E-state index < -0.39 is 0 Å². The molecule has 0 spiro atoms. The first-order valence-electron chi connectivity index (χ1n) is 12.2. The highest BCUT2D eigenvalue weighted by Crippen LogP contribution is 2.48. The number of carbonyl (C=O) groups excluding carboxylic acids is 2. The van der Waals surface area contributed by atoms with Crippen LogP contribution < -0.4 is 31.3 Å². The summed E-state index contributed by atoms with van der Waals surface area (Å²) in [5, 5.41) is 9.76. The van der Waals surface area contributed by atoms with Gasteiger partial charge in [0.2, 0.25) is 0 Å². The normalized spacial score (nSPS) is 29.6. The summed E-state index contributed by atoms with van der Waals surface area (Å²) in [5.41, 5.74) is 7.72. The molecule has 5 atom stereocenters. The van der Waals surface area contributed by atoms with Crippen molar-refractivity contribution in [2.45, 2.75) is 49.2 Å². The fourth-order valence-corrected chi connectivity index (χ4v) is 7.02. The molecular formula is C26H29N5O3S. The van der Waals surface area contributed by atoms with Gasteiger partial charge >= 0.3 is 6.03 Å². The lowest BCUT2D eigenvalue weighted by Crippen LogP contribution is -2.62. The summed E-state index contributed by atoms with van der Waals surface area (Å²) >= 11 is 1.52. The molecule has 9 heteroatoms. The predicted molar refractivity (Wildman–Crippen MR) is 136 cm³/mol. The Morgan fingerprint density at radius 1 is 1.06 bits per heavy atom. The SMILES string of the molecule is N[C@@H]1CCC[C@@H]1NC(=O)C1=C2NC(=O)N(c3ccc(Oc4ccccc4)cc3)C3CCNC(S1)C23. The van der Waals surface area contributed by atoms with Crippen molar-refractivity contribution in [3.05, 3.63) is 65.2 Å². The second-order valence-corrected chi connectivity index (χ2v) is 10.7. The van der Waals surface area contributed by atoms with Gasteiger partial charge in [0.1, 0.15) is 11.5 Å². The second-order valence-electron chi connectivity index (χ2n) is 9.50. The van der Waals surface area contributed by atoms with Crippen LogP contribution in [-0.2, 0) is 4.79 Å². The quantitative estimate of drug-likeness (QED) is 0.511. The van der Waals surface area contributed by atoms with Gasteiger partial charge < -0.3 is 26.4 Å². The van der Waals surface area contributed by atoms with Crippen molar-refractivity contribution in [1.29, 1.82) is 0 Å². The average Bonchev–Trinajstić information content (AvgIpc) is 3.44. The van der Waals surface area contributed by atoms with Crippen LogP contribution in [0.1, 0.15) is 25.7 Å². The zero-order valence-corrected chi connectivity index (χ0v) is 20.1. The summed E-state index contributed by atoms with van der Waals surface area (Å²) in [6.45, 7) is 0.785. The molecule has 1 saturated carbocycles. The Labute approximate surface area is 208 Å². The molecule has 0 aromatic heterocycles. The van der Waals surface area contributed by atoms with E-state index in [4.69, 9.17) is 10.5 Å². The molecular weight excluding hydrogens is 462 g/mol. The molecule has 0 bridgehead atoms. The summed E-state index contributed by atoms with van der Waals surface area (Å²) in [4.78, 5) is 29.0. The molecule has 2 aromatic carbocycles.